The highest BCUT2D eigenvalue weighted by Crippen LogP contribution is 2.32. The molecular weight excluding hydrogens is 468 g/mol. The zero-order chi connectivity index (χ0) is 22.3. The Morgan fingerprint density at radius 2 is 1.75 bits per heavy atom. The van der Waals surface area contributed by atoms with Crippen LogP contribution in [0.1, 0.15) is 19.8 Å². The zero-order valence-electron chi connectivity index (χ0n) is 17.9. The molecule has 8 nitrogen and oxygen atoms in total. The first-order valence-electron chi connectivity index (χ1n) is 10.7. The summed E-state index contributed by atoms with van der Waals surface area (Å²) in [5.41, 5.74) is 0. The Bertz CT molecular complexity index is 933. The molecule has 11 heteroatoms. The van der Waals surface area contributed by atoms with Crippen LogP contribution in [-0.4, -0.2) is 82.2 Å². The number of rotatable bonds is 8. The Labute approximate surface area is 200 Å². The Morgan fingerprint density at radius 1 is 1.06 bits per heavy atom. The summed E-state index contributed by atoms with van der Waals surface area (Å²) in [7, 11) is 0. The van der Waals surface area contributed by atoms with Crippen molar-refractivity contribution in [2.45, 2.75) is 34.5 Å². The number of aromatic nitrogens is 2. The smallest absolute Gasteiger partial charge is 0.267 e. The molecule has 0 radical (unpaired) electrons. The lowest BCUT2D eigenvalue weighted by Crippen LogP contribution is -2.55. The SMILES string of the molecule is CCCCSc1nnc(SCC(=O)N2CCN(C(=O)[C@H]3COc4ccccc4O3)CC2)s1. The number of unbranched alkanes of at least 4 members (excludes halogenated alkanes) is 1. The van der Waals surface area contributed by atoms with Gasteiger partial charge in [-0.2, -0.15) is 0 Å². The van der Waals surface area contributed by atoms with E-state index in [-0.39, 0.29) is 18.4 Å². The number of carbonyl (C=O) groups excluding carboxylic acids is 2. The van der Waals surface area contributed by atoms with Crippen molar-refractivity contribution < 1.29 is 19.1 Å². The third-order valence-corrected chi connectivity index (χ3v) is 8.42. The van der Waals surface area contributed by atoms with Crippen molar-refractivity contribution in [2.75, 3.05) is 44.3 Å². The maximum Gasteiger partial charge on any atom is 0.267 e. The lowest BCUT2D eigenvalue weighted by atomic mass is 10.2. The van der Waals surface area contributed by atoms with Gasteiger partial charge in [-0.05, 0) is 18.6 Å². The number of fused-ring (bicyclic) bond motifs is 1. The molecule has 0 N–H and O–H groups in total. The maximum atomic E-state index is 12.8. The number of piperazine rings is 1. The summed E-state index contributed by atoms with van der Waals surface area (Å²) in [4.78, 5) is 29.0. The topological polar surface area (TPSA) is 84.9 Å². The van der Waals surface area contributed by atoms with Crippen LogP contribution >= 0.6 is 34.9 Å². The Kier molecular flexibility index (Phi) is 8.15. The van der Waals surface area contributed by atoms with Crippen LogP contribution in [0.4, 0.5) is 0 Å². The molecule has 3 heterocycles. The van der Waals surface area contributed by atoms with E-state index in [2.05, 4.69) is 17.1 Å². The minimum Gasteiger partial charge on any atom is -0.485 e. The van der Waals surface area contributed by atoms with Gasteiger partial charge in [0, 0.05) is 31.9 Å². The van der Waals surface area contributed by atoms with Gasteiger partial charge in [0.05, 0.1) is 5.75 Å². The quantitative estimate of drug-likeness (QED) is 0.409. The fraction of sp³-hybridized carbons (Fsp3) is 0.524. The standard InChI is InChI=1S/C21H26N4O4S3/c1-2-3-12-30-20-22-23-21(32-20)31-14-18(26)24-8-10-25(11-9-24)19(27)17-13-28-15-6-4-5-7-16(15)29-17/h4-7,17H,2-3,8-14H2,1H3/t17-/m1/s1. The molecule has 1 fully saturated rings. The van der Waals surface area contributed by atoms with Crippen LogP contribution in [0.2, 0.25) is 0 Å². The largest absolute Gasteiger partial charge is 0.485 e. The summed E-state index contributed by atoms with van der Waals surface area (Å²) in [5, 5.41) is 8.36. The molecule has 172 valence electrons. The summed E-state index contributed by atoms with van der Waals surface area (Å²) in [6, 6.07) is 7.35. The van der Waals surface area contributed by atoms with Crippen molar-refractivity contribution in [3.8, 4) is 11.5 Å². The minimum absolute atomic E-state index is 0.0589. The van der Waals surface area contributed by atoms with E-state index >= 15 is 0 Å². The number of ether oxygens (including phenoxy) is 2. The maximum absolute atomic E-state index is 12.8. The minimum atomic E-state index is -0.649. The summed E-state index contributed by atoms with van der Waals surface area (Å²) in [6.07, 6.45) is 1.67. The number of nitrogens with zero attached hydrogens (tertiary/aromatic N) is 4. The average molecular weight is 495 g/mol. The van der Waals surface area contributed by atoms with E-state index in [1.165, 1.54) is 11.8 Å². The molecule has 1 aromatic carbocycles. The van der Waals surface area contributed by atoms with Crippen molar-refractivity contribution in [3.05, 3.63) is 24.3 Å². The van der Waals surface area contributed by atoms with Crippen molar-refractivity contribution in [1.82, 2.24) is 20.0 Å². The van der Waals surface area contributed by atoms with Crippen molar-refractivity contribution in [2.24, 2.45) is 0 Å². The number of benzene rings is 1. The fourth-order valence-corrected chi connectivity index (χ4v) is 6.43. The highest BCUT2D eigenvalue weighted by atomic mass is 32.2. The third-order valence-electron chi connectivity index (χ3n) is 5.16. The number of hydrogen-bond acceptors (Lipinski definition) is 9. The molecule has 2 aromatic rings. The van der Waals surface area contributed by atoms with Gasteiger partial charge in [0.2, 0.25) is 12.0 Å². The van der Waals surface area contributed by atoms with Crippen molar-refractivity contribution in [1.29, 1.82) is 0 Å². The Morgan fingerprint density at radius 3 is 2.50 bits per heavy atom. The third kappa shape index (κ3) is 5.87. The Balaban J connectivity index is 1.20. The van der Waals surface area contributed by atoms with Crippen LogP contribution in [0.15, 0.2) is 32.9 Å². The first-order valence-corrected chi connectivity index (χ1v) is 13.5. The van der Waals surface area contributed by atoms with Crippen molar-refractivity contribution >= 4 is 46.7 Å². The highest BCUT2D eigenvalue weighted by molar-refractivity contribution is 8.03. The van der Waals surface area contributed by atoms with Crippen molar-refractivity contribution in [3.63, 3.8) is 0 Å². The Hall–Kier alpha value is -1.98. The molecule has 0 unspecified atom stereocenters. The molecule has 4 rings (SSSR count). The van der Waals surface area contributed by atoms with Gasteiger partial charge in [-0.3, -0.25) is 9.59 Å². The molecule has 0 saturated carbocycles. The normalized spacial score (nSPS) is 18.0. The van der Waals surface area contributed by atoms with Gasteiger partial charge in [0.25, 0.3) is 5.91 Å². The molecule has 2 aliphatic rings. The average Bonchev–Trinajstić information content (AvgIpc) is 3.30. The summed E-state index contributed by atoms with van der Waals surface area (Å²) >= 11 is 4.69. The van der Waals surface area contributed by atoms with Gasteiger partial charge in [0.1, 0.15) is 6.61 Å². The first-order chi connectivity index (χ1) is 15.6. The van der Waals surface area contributed by atoms with Gasteiger partial charge >= 0.3 is 0 Å². The predicted molar refractivity (Wildman–Crippen MR) is 126 cm³/mol. The second-order valence-electron chi connectivity index (χ2n) is 7.39. The molecule has 0 aliphatic carbocycles. The van der Waals surface area contributed by atoms with Crippen LogP contribution < -0.4 is 9.47 Å². The summed E-state index contributed by atoms with van der Waals surface area (Å²) in [6.45, 7) is 4.39. The molecule has 0 spiro atoms. The molecule has 0 bridgehead atoms. The molecule has 2 amide bonds. The van der Waals surface area contributed by atoms with Gasteiger partial charge in [0.15, 0.2) is 20.2 Å². The summed E-state index contributed by atoms with van der Waals surface area (Å²) < 4.78 is 13.3. The number of carbonyl (C=O) groups is 2. The lowest BCUT2D eigenvalue weighted by molar-refractivity contribution is -0.145. The van der Waals surface area contributed by atoms with Gasteiger partial charge in [-0.1, -0.05) is 60.3 Å². The van der Waals surface area contributed by atoms with Crippen LogP contribution in [0.25, 0.3) is 0 Å². The molecule has 32 heavy (non-hydrogen) atoms. The molecule has 1 atom stereocenters. The van der Waals surface area contributed by atoms with E-state index in [4.69, 9.17) is 9.47 Å². The summed E-state index contributed by atoms with van der Waals surface area (Å²) in [5.74, 6) is 2.59. The van der Waals surface area contributed by atoms with Gasteiger partial charge in [-0.15, -0.1) is 10.2 Å². The molecule has 2 aliphatic heterocycles. The number of thioether (sulfide) groups is 2. The number of para-hydroxylation sites is 2. The van der Waals surface area contributed by atoms with E-state index in [0.717, 1.165) is 27.3 Å². The zero-order valence-corrected chi connectivity index (χ0v) is 20.3. The second-order valence-corrected chi connectivity index (χ2v) is 10.9. The number of hydrogen-bond donors (Lipinski definition) is 0. The van der Waals surface area contributed by atoms with Crippen LogP contribution in [0.3, 0.4) is 0 Å². The number of amides is 2. The fourth-order valence-electron chi connectivity index (χ4n) is 3.35. The van der Waals surface area contributed by atoms with E-state index in [0.29, 0.717) is 43.4 Å². The monoisotopic (exact) mass is 494 g/mol. The highest BCUT2D eigenvalue weighted by Gasteiger charge is 2.33. The second kappa shape index (κ2) is 11.2. The van der Waals surface area contributed by atoms with Crippen LogP contribution in [0, 0.1) is 0 Å². The molecule has 1 saturated heterocycles. The van der Waals surface area contributed by atoms with Crippen LogP contribution in [-0.2, 0) is 9.59 Å². The predicted octanol–water partition coefficient (Wildman–Crippen LogP) is 3.03. The first kappa shape index (κ1) is 23.2. The van der Waals surface area contributed by atoms with E-state index in [1.807, 2.05) is 23.1 Å². The van der Waals surface area contributed by atoms with Crippen LogP contribution in [0.5, 0.6) is 11.5 Å². The van der Waals surface area contributed by atoms with Gasteiger partial charge < -0.3 is 19.3 Å². The lowest BCUT2D eigenvalue weighted by Gasteiger charge is -2.37. The van der Waals surface area contributed by atoms with Gasteiger partial charge in [-0.25, -0.2) is 0 Å². The molecular formula is C21H26N4O4S3. The van der Waals surface area contributed by atoms with E-state index in [9.17, 15) is 9.59 Å². The van der Waals surface area contributed by atoms with E-state index in [1.54, 1.807) is 34.1 Å². The molecule has 1 aromatic heterocycles. The van der Waals surface area contributed by atoms with E-state index < -0.39 is 6.10 Å².